The standard InChI is InChI=1S/C21H25N5O/c1-4-15(2)24-21-25-19(17-8-10-22-11-9-17)13-20(26-21)23-14-16-6-5-7-18(12-16)27-3/h5-13,15H,4,14H2,1-3H3,(H2,23,24,25,26)/t15-/m1/s1. The minimum atomic E-state index is 0.295. The van der Waals surface area contributed by atoms with E-state index in [9.17, 15) is 0 Å². The van der Waals surface area contributed by atoms with Crippen molar-refractivity contribution in [3.05, 3.63) is 60.4 Å². The molecule has 0 saturated carbocycles. The molecule has 0 fully saturated rings. The van der Waals surface area contributed by atoms with Crippen LogP contribution in [0.3, 0.4) is 0 Å². The SMILES string of the molecule is CC[C@@H](C)Nc1nc(NCc2cccc(OC)c2)cc(-c2ccncc2)n1. The van der Waals surface area contributed by atoms with Crippen LogP contribution < -0.4 is 15.4 Å². The maximum Gasteiger partial charge on any atom is 0.225 e. The van der Waals surface area contributed by atoms with Crippen LogP contribution in [0.5, 0.6) is 5.75 Å². The lowest BCUT2D eigenvalue weighted by Crippen LogP contribution is -2.16. The summed E-state index contributed by atoms with van der Waals surface area (Å²) in [6.45, 7) is 4.89. The van der Waals surface area contributed by atoms with E-state index in [4.69, 9.17) is 4.74 Å². The molecule has 2 aromatic heterocycles. The first-order chi connectivity index (χ1) is 13.2. The predicted molar refractivity (Wildman–Crippen MR) is 109 cm³/mol. The normalized spacial score (nSPS) is 11.7. The number of anilines is 2. The van der Waals surface area contributed by atoms with Gasteiger partial charge in [0.1, 0.15) is 11.6 Å². The van der Waals surface area contributed by atoms with Gasteiger partial charge in [-0.3, -0.25) is 4.98 Å². The van der Waals surface area contributed by atoms with E-state index in [-0.39, 0.29) is 0 Å². The Hall–Kier alpha value is -3.15. The Kier molecular flexibility index (Phi) is 6.20. The van der Waals surface area contributed by atoms with Crippen molar-refractivity contribution in [2.24, 2.45) is 0 Å². The quantitative estimate of drug-likeness (QED) is 0.619. The Balaban J connectivity index is 1.85. The van der Waals surface area contributed by atoms with Gasteiger partial charge in [0.25, 0.3) is 0 Å². The number of pyridine rings is 1. The van der Waals surface area contributed by atoms with Gasteiger partial charge in [0.15, 0.2) is 0 Å². The summed E-state index contributed by atoms with van der Waals surface area (Å²) in [7, 11) is 1.67. The van der Waals surface area contributed by atoms with E-state index in [0.29, 0.717) is 18.5 Å². The number of methoxy groups -OCH3 is 1. The molecule has 0 unspecified atom stereocenters. The van der Waals surface area contributed by atoms with Crippen LogP contribution in [0.25, 0.3) is 11.3 Å². The number of rotatable bonds is 8. The fourth-order valence-electron chi connectivity index (χ4n) is 2.57. The number of nitrogens with one attached hydrogen (secondary N) is 2. The lowest BCUT2D eigenvalue weighted by atomic mass is 10.2. The lowest BCUT2D eigenvalue weighted by molar-refractivity contribution is 0.414. The van der Waals surface area contributed by atoms with Gasteiger partial charge in [-0.1, -0.05) is 19.1 Å². The second kappa shape index (κ2) is 8.98. The maximum absolute atomic E-state index is 5.29. The molecule has 0 aliphatic heterocycles. The highest BCUT2D eigenvalue weighted by Gasteiger charge is 2.09. The first-order valence-corrected chi connectivity index (χ1v) is 9.10. The van der Waals surface area contributed by atoms with Crippen molar-refractivity contribution in [3.8, 4) is 17.0 Å². The van der Waals surface area contributed by atoms with Crippen molar-refractivity contribution >= 4 is 11.8 Å². The van der Waals surface area contributed by atoms with Crippen LogP contribution in [0, 0.1) is 0 Å². The van der Waals surface area contributed by atoms with E-state index in [0.717, 1.165) is 34.8 Å². The molecule has 0 aliphatic carbocycles. The average molecular weight is 363 g/mol. The van der Waals surface area contributed by atoms with E-state index < -0.39 is 0 Å². The molecule has 6 heteroatoms. The number of aromatic nitrogens is 3. The summed E-state index contributed by atoms with van der Waals surface area (Å²) in [4.78, 5) is 13.4. The maximum atomic E-state index is 5.29. The predicted octanol–water partition coefficient (Wildman–Crippen LogP) is 4.37. The van der Waals surface area contributed by atoms with Crippen LogP contribution >= 0.6 is 0 Å². The van der Waals surface area contributed by atoms with Gasteiger partial charge < -0.3 is 15.4 Å². The number of ether oxygens (including phenoxy) is 1. The number of hydrogen-bond donors (Lipinski definition) is 2. The molecular formula is C21H25N5O. The van der Waals surface area contributed by atoms with E-state index in [1.807, 2.05) is 36.4 Å². The smallest absolute Gasteiger partial charge is 0.225 e. The second-order valence-electron chi connectivity index (χ2n) is 6.36. The van der Waals surface area contributed by atoms with Crippen LogP contribution in [-0.4, -0.2) is 28.1 Å². The topological polar surface area (TPSA) is 72.0 Å². The van der Waals surface area contributed by atoms with Gasteiger partial charge >= 0.3 is 0 Å². The Labute approximate surface area is 160 Å². The van der Waals surface area contributed by atoms with Crippen LogP contribution in [0.1, 0.15) is 25.8 Å². The molecule has 140 valence electrons. The Morgan fingerprint density at radius 1 is 1.07 bits per heavy atom. The minimum Gasteiger partial charge on any atom is -0.497 e. The third-order valence-electron chi connectivity index (χ3n) is 4.30. The summed E-state index contributed by atoms with van der Waals surface area (Å²) in [5.41, 5.74) is 2.98. The van der Waals surface area contributed by atoms with E-state index in [2.05, 4.69) is 45.5 Å². The highest BCUT2D eigenvalue weighted by Crippen LogP contribution is 2.22. The summed E-state index contributed by atoms with van der Waals surface area (Å²) >= 11 is 0. The summed E-state index contributed by atoms with van der Waals surface area (Å²) < 4.78 is 5.29. The molecule has 3 aromatic rings. The summed E-state index contributed by atoms with van der Waals surface area (Å²) in [5.74, 6) is 2.23. The van der Waals surface area contributed by atoms with Gasteiger partial charge in [-0.15, -0.1) is 0 Å². The molecule has 0 bridgehead atoms. The first-order valence-electron chi connectivity index (χ1n) is 9.10. The highest BCUT2D eigenvalue weighted by atomic mass is 16.5. The molecule has 0 spiro atoms. The fourth-order valence-corrected chi connectivity index (χ4v) is 2.57. The molecule has 3 rings (SSSR count). The lowest BCUT2D eigenvalue weighted by Gasteiger charge is -2.15. The van der Waals surface area contributed by atoms with Gasteiger partial charge in [0.2, 0.25) is 5.95 Å². The van der Waals surface area contributed by atoms with Crippen molar-refractivity contribution in [2.45, 2.75) is 32.9 Å². The molecular weight excluding hydrogens is 338 g/mol. The minimum absolute atomic E-state index is 0.295. The van der Waals surface area contributed by atoms with Crippen LogP contribution in [0.2, 0.25) is 0 Å². The van der Waals surface area contributed by atoms with Crippen LogP contribution in [0.15, 0.2) is 54.9 Å². The zero-order valence-electron chi connectivity index (χ0n) is 15.9. The van der Waals surface area contributed by atoms with E-state index in [1.165, 1.54) is 0 Å². The molecule has 0 amide bonds. The Bertz CT molecular complexity index is 869. The Morgan fingerprint density at radius 2 is 1.89 bits per heavy atom. The molecule has 27 heavy (non-hydrogen) atoms. The molecule has 2 heterocycles. The van der Waals surface area contributed by atoms with Gasteiger partial charge in [0.05, 0.1) is 12.8 Å². The van der Waals surface area contributed by atoms with Crippen molar-refractivity contribution in [2.75, 3.05) is 17.7 Å². The Morgan fingerprint density at radius 3 is 2.63 bits per heavy atom. The van der Waals surface area contributed by atoms with Crippen LogP contribution in [0.4, 0.5) is 11.8 Å². The molecule has 0 aliphatic rings. The zero-order valence-corrected chi connectivity index (χ0v) is 15.9. The first kappa shape index (κ1) is 18.6. The van der Waals surface area contributed by atoms with Crippen molar-refractivity contribution in [1.29, 1.82) is 0 Å². The average Bonchev–Trinajstić information content (AvgIpc) is 2.72. The van der Waals surface area contributed by atoms with Crippen LogP contribution in [-0.2, 0) is 6.54 Å². The molecule has 2 N–H and O–H groups in total. The van der Waals surface area contributed by atoms with Gasteiger partial charge in [-0.2, -0.15) is 4.98 Å². The summed E-state index contributed by atoms with van der Waals surface area (Å²) in [6, 6.07) is 14.1. The van der Waals surface area contributed by atoms with E-state index >= 15 is 0 Å². The summed E-state index contributed by atoms with van der Waals surface area (Å²) in [6.07, 6.45) is 4.53. The monoisotopic (exact) mass is 363 g/mol. The molecule has 1 aromatic carbocycles. The second-order valence-corrected chi connectivity index (χ2v) is 6.36. The number of nitrogens with zero attached hydrogens (tertiary/aromatic N) is 3. The fraction of sp³-hybridized carbons (Fsp3) is 0.286. The highest BCUT2D eigenvalue weighted by molar-refractivity contribution is 5.64. The third kappa shape index (κ3) is 5.17. The van der Waals surface area contributed by atoms with Crippen molar-refractivity contribution < 1.29 is 4.74 Å². The van der Waals surface area contributed by atoms with Crippen molar-refractivity contribution in [3.63, 3.8) is 0 Å². The largest absolute Gasteiger partial charge is 0.497 e. The summed E-state index contributed by atoms with van der Waals surface area (Å²) in [5, 5.41) is 6.75. The molecule has 1 atom stereocenters. The van der Waals surface area contributed by atoms with Gasteiger partial charge in [-0.25, -0.2) is 4.98 Å². The third-order valence-corrected chi connectivity index (χ3v) is 4.30. The molecule has 6 nitrogen and oxygen atoms in total. The van der Waals surface area contributed by atoms with Gasteiger partial charge in [-0.05, 0) is 43.2 Å². The number of benzene rings is 1. The zero-order chi connectivity index (χ0) is 19.1. The number of hydrogen-bond acceptors (Lipinski definition) is 6. The van der Waals surface area contributed by atoms with E-state index in [1.54, 1.807) is 19.5 Å². The molecule has 0 radical (unpaired) electrons. The molecule has 0 saturated heterocycles. The van der Waals surface area contributed by atoms with Crippen molar-refractivity contribution in [1.82, 2.24) is 15.0 Å². The van der Waals surface area contributed by atoms with Gasteiger partial charge in [0, 0.05) is 36.6 Å².